The van der Waals surface area contributed by atoms with Gasteiger partial charge in [-0.1, -0.05) is 88.1 Å². The molecule has 4 nitrogen and oxygen atoms in total. The summed E-state index contributed by atoms with van der Waals surface area (Å²) in [7, 11) is 1.73. The molecule has 28 heavy (non-hydrogen) atoms. The minimum absolute atomic E-state index is 0.00916. The molecule has 154 valence electrons. The lowest BCUT2D eigenvalue weighted by Gasteiger charge is -2.18. The summed E-state index contributed by atoms with van der Waals surface area (Å²) < 4.78 is 18.2. The van der Waals surface area contributed by atoms with Gasteiger partial charge in [-0.15, -0.1) is 0 Å². The van der Waals surface area contributed by atoms with Crippen molar-refractivity contribution in [3.8, 4) is 0 Å². The van der Waals surface area contributed by atoms with Gasteiger partial charge in [0, 0.05) is 7.11 Å². The van der Waals surface area contributed by atoms with E-state index in [0.717, 1.165) is 24.3 Å². The van der Waals surface area contributed by atoms with Gasteiger partial charge in [0.25, 0.3) is 0 Å². The largest absolute Gasteiger partial charge is 0.468 e. The summed E-state index contributed by atoms with van der Waals surface area (Å²) >= 11 is 0. The quantitative estimate of drug-likeness (QED) is 0.632. The smallest absolute Gasteiger partial charge is 0.217 e. The molecule has 4 heteroatoms. The predicted octanol–water partition coefficient (Wildman–Crippen LogP) is 5.61. The first-order valence-electron chi connectivity index (χ1n) is 11.3. The molecule has 1 saturated carbocycles. The molecule has 2 fully saturated rings. The van der Waals surface area contributed by atoms with Crippen LogP contribution in [0.2, 0.25) is 0 Å². The highest BCUT2D eigenvalue weighted by Crippen LogP contribution is 2.49. The number of nitrogens with zero attached hydrogens (tertiary/aromatic N) is 1. The van der Waals surface area contributed by atoms with Crippen molar-refractivity contribution in [2.24, 2.45) is 4.99 Å². The fourth-order valence-electron chi connectivity index (χ4n) is 4.90. The Morgan fingerprint density at radius 3 is 2.14 bits per heavy atom. The van der Waals surface area contributed by atoms with E-state index in [0.29, 0.717) is 6.61 Å². The number of methoxy groups -OCH3 is 1. The monoisotopic (exact) mass is 385 g/mol. The van der Waals surface area contributed by atoms with Gasteiger partial charge in [0.15, 0.2) is 6.10 Å². The maximum atomic E-state index is 6.38. The Morgan fingerprint density at radius 2 is 1.54 bits per heavy atom. The summed E-state index contributed by atoms with van der Waals surface area (Å²) in [6, 6.07) is 10.4. The van der Waals surface area contributed by atoms with E-state index in [1.807, 2.05) is 6.07 Å². The molecule has 0 radical (unpaired) electrons. The van der Waals surface area contributed by atoms with Crippen LogP contribution in [0.25, 0.3) is 0 Å². The van der Waals surface area contributed by atoms with Crippen molar-refractivity contribution in [3.05, 3.63) is 35.9 Å². The number of benzene rings is 1. The molecule has 4 rings (SSSR count). The van der Waals surface area contributed by atoms with Gasteiger partial charge in [0.2, 0.25) is 5.90 Å². The van der Waals surface area contributed by atoms with E-state index in [1.54, 1.807) is 7.11 Å². The van der Waals surface area contributed by atoms with Crippen LogP contribution >= 0.6 is 0 Å². The summed E-state index contributed by atoms with van der Waals surface area (Å²) in [6.07, 6.45) is 14.4. The maximum Gasteiger partial charge on any atom is 0.217 e. The van der Waals surface area contributed by atoms with Gasteiger partial charge in [-0.05, 0) is 18.4 Å². The molecule has 1 spiro atoms. The van der Waals surface area contributed by atoms with Crippen molar-refractivity contribution in [1.82, 2.24) is 0 Å². The zero-order valence-corrected chi connectivity index (χ0v) is 17.3. The number of ether oxygens (including phenoxy) is 3. The molecule has 1 aromatic rings. The van der Waals surface area contributed by atoms with Gasteiger partial charge >= 0.3 is 0 Å². The molecule has 0 bridgehead atoms. The number of hydrogen-bond donors (Lipinski definition) is 0. The highest BCUT2D eigenvalue weighted by atomic mass is 16.6. The van der Waals surface area contributed by atoms with Gasteiger partial charge in [0.1, 0.15) is 17.7 Å². The number of aliphatic imine (C=N–C) groups is 1. The van der Waals surface area contributed by atoms with E-state index in [1.165, 1.54) is 57.8 Å². The van der Waals surface area contributed by atoms with Gasteiger partial charge in [-0.2, -0.15) is 0 Å². The van der Waals surface area contributed by atoms with Crippen molar-refractivity contribution in [2.75, 3.05) is 13.7 Å². The lowest BCUT2D eigenvalue weighted by Crippen LogP contribution is -2.22. The van der Waals surface area contributed by atoms with Gasteiger partial charge < -0.3 is 14.2 Å². The van der Waals surface area contributed by atoms with Crippen LogP contribution in [0.15, 0.2) is 35.3 Å². The zero-order chi connectivity index (χ0) is 19.2. The van der Waals surface area contributed by atoms with Gasteiger partial charge in [0.05, 0.1) is 6.61 Å². The van der Waals surface area contributed by atoms with Crippen molar-refractivity contribution >= 4 is 5.90 Å². The zero-order valence-electron chi connectivity index (χ0n) is 17.3. The molecule has 1 aromatic carbocycles. The second-order valence-electron chi connectivity index (χ2n) is 8.68. The van der Waals surface area contributed by atoms with Crippen LogP contribution in [-0.4, -0.2) is 37.4 Å². The number of rotatable bonds is 4. The first-order valence-corrected chi connectivity index (χ1v) is 11.3. The molecule has 1 aliphatic carbocycles. The van der Waals surface area contributed by atoms with Crippen LogP contribution < -0.4 is 0 Å². The Balaban J connectivity index is 1.43. The normalized spacial score (nSPS) is 30.8. The second kappa shape index (κ2) is 9.41. The van der Waals surface area contributed by atoms with Gasteiger partial charge in [-0.3, -0.25) is 0 Å². The van der Waals surface area contributed by atoms with Crippen molar-refractivity contribution in [2.45, 2.75) is 94.5 Å². The third kappa shape index (κ3) is 4.60. The minimum Gasteiger partial charge on any atom is -0.468 e. The van der Waals surface area contributed by atoms with E-state index in [-0.39, 0.29) is 23.9 Å². The van der Waals surface area contributed by atoms with E-state index >= 15 is 0 Å². The summed E-state index contributed by atoms with van der Waals surface area (Å²) in [4.78, 5) is 4.92. The molecule has 2 aliphatic heterocycles. The van der Waals surface area contributed by atoms with Crippen LogP contribution in [-0.2, 0) is 14.2 Å². The molecular weight excluding hydrogens is 350 g/mol. The second-order valence-corrected chi connectivity index (χ2v) is 8.68. The fourth-order valence-corrected chi connectivity index (χ4v) is 4.90. The lowest BCUT2D eigenvalue weighted by molar-refractivity contribution is 0.118. The highest BCUT2D eigenvalue weighted by Gasteiger charge is 2.60. The summed E-state index contributed by atoms with van der Waals surface area (Å²) in [5, 5.41) is 0. The molecule has 3 aliphatic rings. The highest BCUT2D eigenvalue weighted by molar-refractivity contribution is 5.86. The molecule has 0 aromatic heterocycles. The molecular formula is C24H35NO3. The average molecular weight is 386 g/mol. The van der Waals surface area contributed by atoms with E-state index < -0.39 is 0 Å². The van der Waals surface area contributed by atoms with E-state index in [4.69, 9.17) is 19.2 Å². The molecule has 2 heterocycles. The fraction of sp³-hybridized carbons (Fsp3) is 0.708. The first-order chi connectivity index (χ1) is 13.8. The lowest BCUT2D eigenvalue weighted by atomic mass is 9.90. The van der Waals surface area contributed by atoms with E-state index in [9.17, 15) is 0 Å². The number of epoxide rings is 1. The van der Waals surface area contributed by atoms with Crippen molar-refractivity contribution < 1.29 is 14.2 Å². The molecule has 3 atom stereocenters. The Hall–Kier alpha value is -1.39. The SMILES string of the molecule is COC[C@@H]1N=C(C2OC23CCCCCCCCCCC3)O[C@H]1c1ccccc1. The van der Waals surface area contributed by atoms with Gasteiger partial charge in [-0.25, -0.2) is 4.99 Å². The molecule has 1 saturated heterocycles. The number of hydrogen-bond acceptors (Lipinski definition) is 4. The van der Waals surface area contributed by atoms with Crippen molar-refractivity contribution in [3.63, 3.8) is 0 Å². The van der Waals surface area contributed by atoms with Crippen LogP contribution in [0.5, 0.6) is 0 Å². The van der Waals surface area contributed by atoms with E-state index in [2.05, 4.69) is 24.3 Å². The Morgan fingerprint density at radius 1 is 0.929 bits per heavy atom. The topological polar surface area (TPSA) is 43.3 Å². The summed E-state index contributed by atoms with van der Waals surface area (Å²) in [6.45, 7) is 0.572. The standard InChI is InChI=1S/C24H35NO3/c1-26-18-20-21(19-14-10-9-11-15-19)27-23(25-20)22-24(28-22)16-12-7-5-3-2-4-6-8-13-17-24/h9-11,14-15,20-22H,2-8,12-13,16-18H2,1H3/t20-,21-,22?/m0/s1. The first kappa shape index (κ1) is 19.9. The molecule has 0 amide bonds. The predicted molar refractivity (Wildman–Crippen MR) is 112 cm³/mol. The Labute approximate surface area is 169 Å². The summed E-state index contributed by atoms with van der Waals surface area (Å²) in [5.41, 5.74) is 1.14. The molecule has 1 unspecified atom stereocenters. The Bertz CT molecular complexity index is 633. The summed E-state index contributed by atoms with van der Waals surface area (Å²) in [5.74, 6) is 0.808. The average Bonchev–Trinajstić information content (AvgIpc) is 3.27. The maximum absolute atomic E-state index is 6.38. The third-order valence-electron chi connectivity index (χ3n) is 6.55. The Kier molecular flexibility index (Phi) is 6.69. The van der Waals surface area contributed by atoms with Crippen LogP contribution in [0, 0.1) is 0 Å². The van der Waals surface area contributed by atoms with Crippen LogP contribution in [0.1, 0.15) is 82.3 Å². The van der Waals surface area contributed by atoms with Crippen LogP contribution in [0.3, 0.4) is 0 Å². The van der Waals surface area contributed by atoms with Crippen molar-refractivity contribution in [1.29, 1.82) is 0 Å². The molecule has 0 N–H and O–H groups in total. The third-order valence-corrected chi connectivity index (χ3v) is 6.55. The minimum atomic E-state index is -0.0661. The van der Waals surface area contributed by atoms with Crippen LogP contribution in [0.4, 0.5) is 0 Å².